The van der Waals surface area contributed by atoms with Gasteiger partial charge in [-0.25, -0.2) is 0 Å². The molecule has 0 bridgehead atoms. The Morgan fingerprint density at radius 1 is 1.25 bits per heavy atom. The number of carbonyl (C=O) groups excluding carboxylic acids is 1. The second kappa shape index (κ2) is 8.25. The predicted molar refractivity (Wildman–Crippen MR) is 78.5 cm³/mol. The summed E-state index contributed by atoms with van der Waals surface area (Å²) < 4.78 is 0. The van der Waals surface area contributed by atoms with Gasteiger partial charge in [-0.05, 0) is 32.7 Å². The third-order valence-corrected chi connectivity index (χ3v) is 4.40. The maximum atomic E-state index is 12.0. The Hall–Kier alpha value is -1.10. The van der Waals surface area contributed by atoms with Crippen LogP contribution in [0.2, 0.25) is 0 Å². The Kier molecular flexibility index (Phi) is 6.99. The van der Waals surface area contributed by atoms with Gasteiger partial charge in [-0.15, -0.1) is 0 Å². The van der Waals surface area contributed by atoms with E-state index in [9.17, 15) is 9.59 Å². The highest BCUT2D eigenvalue weighted by molar-refractivity contribution is 5.77. The molecule has 5 nitrogen and oxygen atoms in total. The van der Waals surface area contributed by atoms with Crippen LogP contribution in [0.25, 0.3) is 0 Å². The zero-order valence-electron chi connectivity index (χ0n) is 12.7. The van der Waals surface area contributed by atoms with Gasteiger partial charge in [-0.1, -0.05) is 26.2 Å². The first kappa shape index (κ1) is 17.0. The van der Waals surface area contributed by atoms with Gasteiger partial charge in [-0.2, -0.15) is 0 Å². The first-order chi connectivity index (χ1) is 9.49. The molecule has 0 aromatic carbocycles. The number of carbonyl (C=O) groups is 2. The maximum absolute atomic E-state index is 12.0. The standard InChI is InChI=1S/C15H28N2O3/c1-12(14(19)20)7-6-10-17-13(18)11-15(16-2)8-4-3-5-9-15/h12,16H,3-11H2,1-2H3,(H,17,18)(H,19,20). The molecule has 0 radical (unpaired) electrons. The minimum atomic E-state index is -0.771. The second-order valence-corrected chi connectivity index (χ2v) is 6.00. The molecule has 1 fully saturated rings. The van der Waals surface area contributed by atoms with Gasteiger partial charge in [0.25, 0.3) is 0 Å². The summed E-state index contributed by atoms with van der Waals surface area (Å²) in [5, 5.41) is 15.0. The number of hydrogen-bond donors (Lipinski definition) is 3. The van der Waals surface area contributed by atoms with Crippen molar-refractivity contribution in [3.05, 3.63) is 0 Å². The molecular weight excluding hydrogens is 256 g/mol. The van der Waals surface area contributed by atoms with E-state index in [1.165, 1.54) is 19.3 Å². The van der Waals surface area contributed by atoms with Crippen molar-refractivity contribution in [3.63, 3.8) is 0 Å². The zero-order chi connectivity index (χ0) is 15.0. The highest BCUT2D eigenvalue weighted by Crippen LogP contribution is 2.30. The van der Waals surface area contributed by atoms with Crippen LogP contribution in [0.5, 0.6) is 0 Å². The normalized spacial score (nSPS) is 19.3. The summed E-state index contributed by atoms with van der Waals surface area (Å²) in [7, 11) is 1.94. The molecule has 1 aliphatic rings. The molecule has 0 aromatic rings. The summed E-state index contributed by atoms with van der Waals surface area (Å²) in [5.41, 5.74) is -0.0311. The lowest BCUT2D eigenvalue weighted by Crippen LogP contribution is -2.48. The third kappa shape index (κ3) is 5.49. The minimum absolute atomic E-state index is 0.0311. The van der Waals surface area contributed by atoms with Crippen LogP contribution >= 0.6 is 0 Å². The van der Waals surface area contributed by atoms with E-state index in [4.69, 9.17) is 5.11 Å². The SMILES string of the molecule is CNC1(CC(=O)NCCCC(C)C(=O)O)CCCCC1. The summed E-state index contributed by atoms with van der Waals surface area (Å²) in [5.74, 6) is -1.04. The Balaban J connectivity index is 2.23. The van der Waals surface area contributed by atoms with E-state index >= 15 is 0 Å². The number of carboxylic acids is 1. The van der Waals surface area contributed by atoms with Crippen molar-refractivity contribution >= 4 is 11.9 Å². The highest BCUT2D eigenvalue weighted by atomic mass is 16.4. The van der Waals surface area contributed by atoms with Crippen LogP contribution in [0.4, 0.5) is 0 Å². The summed E-state index contributed by atoms with van der Waals surface area (Å²) in [6, 6.07) is 0. The molecule has 0 heterocycles. The topological polar surface area (TPSA) is 78.4 Å². The summed E-state index contributed by atoms with van der Waals surface area (Å²) in [6.07, 6.45) is 7.60. The van der Waals surface area contributed by atoms with Crippen LogP contribution in [-0.2, 0) is 9.59 Å². The van der Waals surface area contributed by atoms with E-state index in [1.54, 1.807) is 6.92 Å². The lowest BCUT2D eigenvalue weighted by molar-refractivity contribution is -0.141. The molecule has 0 aromatic heterocycles. The van der Waals surface area contributed by atoms with Gasteiger partial charge < -0.3 is 15.7 Å². The van der Waals surface area contributed by atoms with Gasteiger partial charge in [0.2, 0.25) is 5.91 Å². The molecular formula is C15H28N2O3. The van der Waals surface area contributed by atoms with Crippen LogP contribution < -0.4 is 10.6 Å². The molecule has 3 N–H and O–H groups in total. The van der Waals surface area contributed by atoms with Gasteiger partial charge in [0.05, 0.1) is 5.92 Å². The molecule has 116 valence electrons. The van der Waals surface area contributed by atoms with Crippen LogP contribution in [0.3, 0.4) is 0 Å². The molecule has 1 unspecified atom stereocenters. The molecule has 1 atom stereocenters. The lowest BCUT2D eigenvalue weighted by Gasteiger charge is -2.36. The smallest absolute Gasteiger partial charge is 0.306 e. The maximum Gasteiger partial charge on any atom is 0.306 e. The van der Waals surface area contributed by atoms with Crippen LogP contribution in [0.15, 0.2) is 0 Å². The average molecular weight is 284 g/mol. The van der Waals surface area contributed by atoms with Gasteiger partial charge >= 0.3 is 5.97 Å². The summed E-state index contributed by atoms with van der Waals surface area (Å²) in [4.78, 5) is 22.7. The van der Waals surface area contributed by atoms with Crippen molar-refractivity contribution in [2.75, 3.05) is 13.6 Å². The Bertz CT molecular complexity index is 325. The fourth-order valence-electron chi connectivity index (χ4n) is 2.87. The van der Waals surface area contributed by atoms with E-state index in [0.29, 0.717) is 25.8 Å². The Morgan fingerprint density at radius 2 is 1.90 bits per heavy atom. The fraction of sp³-hybridized carbons (Fsp3) is 0.867. The minimum Gasteiger partial charge on any atom is -0.481 e. The Labute approximate surface area is 121 Å². The van der Waals surface area contributed by atoms with E-state index < -0.39 is 5.97 Å². The van der Waals surface area contributed by atoms with E-state index in [1.807, 2.05) is 7.05 Å². The van der Waals surface area contributed by atoms with Crippen molar-refractivity contribution in [2.24, 2.45) is 5.92 Å². The third-order valence-electron chi connectivity index (χ3n) is 4.40. The fourth-order valence-corrected chi connectivity index (χ4v) is 2.87. The van der Waals surface area contributed by atoms with E-state index in [2.05, 4.69) is 10.6 Å². The number of carboxylic acid groups (broad SMARTS) is 1. The van der Waals surface area contributed by atoms with Crippen LogP contribution in [0, 0.1) is 5.92 Å². The largest absolute Gasteiger partial charge is 0.481 e. The molecule has 20 heavy (non-hydrogen) atoms. The molecule has 0 spiro atoms. The zero-order valence-corrected chi connectivity index (χ0v) is 12.7. The molecule has 1 aliphatic carbocycles. The number of hydrogen-bond acceptors (Lipinski definition) is 3. The van der Waals surface area contributed by atoms with Gasteiger partial charge in [0.15, 0.2) is 0 Å². The van der Waals surface area contributed by atoms with Gasteiger partial charge in [0, 0.05) is 18.5 Å². The van der Waals surface area contributed by atoms with Crippen molar-refractivity contribution in [1.29, 1.82) is 0 Å². The average Bonchev–Trinajstić information content (AvgIpc) is 2.44. The van der Waals surface area contributed by atoms with Crippen molar-refractivity contribution in [3.8, 4) is 0 Å². The molecule has 0 saturated heterocycles. The first-order valence-corrected chi connectivity index (χ1v) is 7.67. The second-order valence-electron chi connectivity index (χ2n) is 6.00. The van der Waals surface area contributed by atoms with Crippen molar-refractivity contribution in [2.45, 2.75) is 63.8 Å². The number of amides is 1. The van der Waals surface area contributed by atoms with Crippen LogP contribution in [0.1, 0.15) is 58.3 Å². The molecule has 0 aliphatic heterocycles. The number of rotatable bonds is 8. The summed E-state index contributed by atoms with van der Waals surface area (Å²) >= 11 is 0. The number of nitrogens with one attached hydrogen (secondary N) is 2. The molecule has 1 rings (SSSR count). The Morgan fingerprint density at radius 3 is 2.45 bits per heavy atom. The molecule has 5 heteroatoms. The van der Waals surface area contributed by atoms with Gasteiger partial charge in [-0.3, -0.25) is 9.59 Å². The van der Waals surface area contributed by atoms with Crippen molar-refractivity contribution in [1.82, 2.24) is 10.6 Å². The predicted octanol–water partition coefficient (Wildman–Crippen LogP) is 1.92. The summed E-state index contributed by atoms with van der Waals surface area (Å²) in [6.45, 7) is 2.26. The lowest BCUT2D eigenvalue weighted by atomic mass is 9.79. The molecule has 1 saturated carbocycles. The van der Waals surface area contributed by atoms with E-state index in [0.717, 1.165) is 12.8 Å². The van der Waals surface area contributed by atoms with E-state index in [-0.39, 0.29) is 17.4 Å². The quantitative estimate of drug-likeness (QED) is 0.595. The molecule has 1 amide bonds. The van der Waals surface area contributed by atoms with Crippen molar-refractivity contribution < 1.29 is 14.7 Å². The number of aliphatic carboxylic acids is 1. The van der Waals surface area contributed by atoms with Gasteiger partial charge in [0.1, 0.15) is 0 Å². The van der Waals surface area contributed by atoms with Crippen LogP contribution in [-0.4, -0.2) is 36.1 Å². The first-order valence-electron chi connectivity index (χ1n) is 7.67. The highest BCUT2D eigenvalue weighted by Gasteiger charge is 2.32. The monoisotopic (exact) mass is 284 g/mol.